The molecule has 0 N–H and O–H groups in total. The van der Waals surface area contributed by atoms with Crippen LogP contribution in [0.25, 0.3) is 0 Å². The average molecular weight is 351 g/mol. The van der Waals surface area contributed by atoms with Gasteiger partial charge in [0.05, 0.1) is 24.9 Å². The molecule has 1 fully saturated rings. The number of amides is 2. The minimum absolute atomic E-state index is 0.0175. The molecule has 8 heteroatoms. The van der Waals surface area contributed by atoms with Gasteiger partial charge in [0.25, 0.3) is 0 Å². The van der Waals surface area contributed by atoms with E-state index in [4.69, 9.17) is 4.74 Å². The minimum Gasteiger partial charge on any atom is -0.373 e. The number of carbonyl (C=O) groups is 2. The molecule has 0 aliphatic carbocycles. The fourth-order valence-electron chi connectivity index (χ4n) is 3.09. The first kappa shape index (κ1) is 19.4. The van der Waals surface area contributed by atoms with E-state index in [1.165, 1.54) is 4.90 Å². The molecule has 1 aliphatic rings. The summed E-state index contributed by atoms with van der Waals surface area (Å²) >= 11 is 0. The number of carbonyl (C=O) groups excluding carboxylic acids is 2. The molecule has 0 bridgehead atoms. The Morgan fingerprint density at radius 2 is 2.00 bits per heavy atom. The SMILES string of the molecule is CN(C)C[C@@H]1OCCN(C(=O)CCC(=O)N(C)C)[C@H]1c1cnn(C)c1. The fraction of sp³-hybridized carbons (Fsp3) is 0.706. The Kier molecular flexibility index (Phi) is 6.55. The molecule has 2 atom stereocenters. The highest BCUT2D eigenvalue weighted by atomic mass is 16.5. The lowest BCUT2D eigenvalue weighted by Gasteiger charge is -2.42. The minimum atomic E-state index is -0.188. The second-order valence-electron chi connectivity index (χ2n) is 6.94. The van der Waals surface area contributed by atoms with Crippen molar-refractivity contribution >= 4 is 11.8 Å². The Bertz CT molecular complexity index is 599. The Balaban J connectivity index is 2.17. The van der Waals surface area contributed by atoms with Gasteiger partial charge in [-0.2, -0.15) is 5.10 Å². The van der Waals surface area contributed by atoms with Crippen molar-refractivity contribution in [3.8, 4) is 0 Å². The maximum atomic E-state index is 12.8. The Labute approximate surface area is 149 Å². The van der Waals surface area contributed by atoms with Gasteiger partial charge in [-0.3, -0.25) is 14.3 Å². The summed E-state index contributed by atoms with van der Waals surface area (Å²) in [6, 6.07) is -0.188. The monoisotopic (exact) mass is 351 g/mol. The van der Waals surface area contributed by atoms with E-state index in [0.717, 1.165) is 5.56 Å². The second kappa shape index (κ2) is 8.44. The first-order valence-electron chi connectivity index (χ1n) is 8.54. The lowest BCUT2D eigenvalue weighted by molar-refractivity contribution is -0.149. The number of hydrogen-bond acceptors (Lipinski definition) is 5. The summed E-state index contributed by atoms with van der Waals surface area (Å²) in [7, 11) is 9.23. The predicted octanol–water partition coefficient (Wildman–Crippen LogP) is 0.119. The lowest BCUT2D eigenvalue weighted by atomic mass is 9.99. The van der Waals surface area contributed by atoms with Gasteiger partial charge >= 0.3 is 0 Å². The molecular weight excluding hydrogens is 322 g/mol. The molecule has 2 heterocycles. The molecule has 8 nitrogen and oxygen atoms in total. The van der Waals surface area contributed by atoms with Gasteiger partial charge in [0.15, 0.2) is 0 Å². The number of aryl methyl sites for hydroxylation is 1. The molecule has 2 amide bonds. The Hall–Kier alpha value is -1.93. The van der Waals surface area contributed by atoms with Crippen LogP contribution in [0.3, 0.4) is 0 Å². The van der Waals surface area contributed by atoms with Gasteiger partial charge in [0.1, 0.15) is 0 Å². The van der Waals surface area contributed by atoms with E-state index in [1.54, 1.807) is 25.0 Å². The van der Waals surface area contributed by atoms with Crippen molar-refractivity contribution < 1.29 is 14.3 Å². The van der Waals surface area contributed by atoms with Crippen LogP contribution in [0.5, 0.6) is 0 Å². The van der Waals surface area contributed by atoms with Gasteiger partial charge in [-0.25, -0.2) is 0 Å². The normalized spacial score (nSPS) is 20.8. The van der Waals surface area contributed by atoms with Gasteiger partial charge in [0, 0.05) is 58.8 Å². The summed E-state index contributed by atoms with van der Waals surface area (Å²) in [6.45, 7) is 1.74. The molecule has 0 saturated carbocycles. The van der Waals surface area contributed by atoms with Crippen molar-refractivity contribution in [3.05, 3.63) is 18.0 Å². The van der Waals surface area contributed by atoms with Gasteiger partial charge in [-0.15, -0.1) is 0 Å². The maximum Gasteiger partial charge on any atom is 0.223 e. The summed E-state index contributed by atoms with van der Waals surface area (Å²) in [5.74, 6) is -0.0551. The molecule has 25 heavy (non-hydrogen) atoms. The molecule has 1 aromatic rings. The number of ether oxygens (including phenoxy) is 1. The quantitative estimate of drug-likeness (QED) is 0.728. The van der Waals surface area contributed by atoms with Crippen LogP contribution in [0.15, 0.2) is 12.4 Å². The topological polar surface area (TPSA) is 70.9 Å². The van der Waals surface area contributed by atoms with Crippen LogP contribution in [0.2, 0.25) is 0 Å². The highest BCUT2D eigenvalue weighted by molar-refractivity contribution is 5.84. The zero-order chi connectivity index (χ0) is 18.6. The molecule has 1 aliphatic heterocycles. The van der Waals surface area contributed by atoms with Crippen LogP contribution in [-0.2, 0) is 21.4 Å². The van der Waals surface area contributed by atoms with Crippen LogP contribution in [0, 0.1) is 0 Å². The van der Waals surface area contributed by atoms with Crippen LogP contribution in [0.1, 0.15) is 24.4 Å². The van der Waals surface area contributed by atoms with Crippen LogP contribution in [0.4, 0.5) is 0 Å². The fourth-order valence-corrected chi connectivity index (χ4v) is 3.09. The molecule has 0 aromatic carbocycles. The Morgan fingerprint density at radius 1 is 1.28 bits per heavy atom. The molecule has 0 unspecified atom stereocenters. The van der Waals surface area contributed by atoms with E-state index in [9.17, 15) is 9.59 Å². The molecule has 0 radical (unpaired) electrons. The predicted molar refractivity (Wildman–Crippen MR) is 93.9 cm³/mol. The van der Waals surface area contributed by atoms with Crippen molar-refractivity contribution in [2.24, 2.45) is 7.05 Å². The first-order valence-corrected chi connectivity index (χ1v) is 8.54. The van der Waals surface area contributed by atoms with Crippen molar-refractivity contribution in [2.75, 3.05) is 47.9 Å². The van der Waals surface area contributed by atoms with Crippen molar-refractivity contribution in [1.29, 1.82) is 0 Å². The highest BCUT2D eigenvalue weighted by Gasteiger charge is 2.37. The van der Waals surface area contributed by atoms with E-state index in [-0.39, 0.29) is 36.8 Å². The summed E-state index contributed by atoms with van der Waals surface area (Å²) in [5, 5.41) is 4.25. The summed E-state index contributed by atoms with van der Waals surface area (Å²) in [6.07, 6.45) is 4.02. The third kappa shape index (κ3) is 5.02. The van der Waals surface area contributed by atoms with E-state index < -0.39 is 0 Å². The number of nitrogens with zero attached hydrogens (tertiary/aromatic N) is 5. The van der Waals surface area contributed by atoms with Crippen molar-refractivity contribution in [1.82, 2.24) is 24.5 Å². The zero-order valence-corrected chi connectivity index (χ0v) is 15.8. The van der Waals surface area contributed by atoms with Crippen molar-refractivity contribution in [3.63, 3.8) is 0 Å². The van der Waals surface area contributed by atoms with Crippen LogP contribution >= 0.6 is 0 Å². The molecule has 1 aromatic heterocycles. The number of likely N-dealkylation sites (N-methyl/N-ethyl adjacent to an activating group) is 1. The maximum absolute atomic E-state index is 12.8. The summed E-state index contributed by atoms with van der Waals surface area (Å²) in [4.78, 5) is 30.0. The lowest BCUT2D eigenvalue weighted by Crippen LogP contribution is -2.51. The number of hydrogen-bond donors (Lipinski definition) is 0. The summed E-state index contributed by atoms with van der Waals surface area (Å²) in [5.41, 5.74) is 0.960. The van der Waals surface area contributed by atoms with Gasteiger partial charge in [-0.1, -0.05) is 0 Å². The standard InChI is InChI=1S/C17H29N5O3/c1-19(2)12-14-17(13-10-18-21(5)11-13)22(8-9-25-14)16(24)7-6-15(23)20(3)4/h10-11,14,17H,6-9,12H2,1-5H3/t14-,17-/m0/s1. The van der Waals surface area contributed by atoms with Gasteiger partial charge in [0.2, 0.25) is 11.8 Å². The molecular formula is C17H29N5O3. The van der Waals surface area contributed by atoms with Gasteiger partial charge in [-0.05, 0) is 14.1 Å². The third-order valence-corrected chi connectivity index (χ3v) is 4.34. The number of morpholine rings is 1. The van der Waals surface area contributed by atoms with Gasteiger partial charge < -0.3 is 19.4 Å². The Morgan fingerprint density at radius 3 is 2.56 bits per heavy atom. The number of aromatic nitrogens is 2. The molecule has 2 rings (SSSR count). The van der Waals surface area contributed by atoms with Crippen LogP contribution in [-0.4, -0.2) is 90.3 Å². The van der Waals surface area contributed by atoms with E-state index in [2.05, 4.69) is 10.00 Å². The largest absolute Gasteiger partial charge is 0.373 e. The van der Waals surface area contributed by atoms with E-state index >= 15 is 0 Å². The van der Waals surface area contributed by atoms with Crippen LogP contribution < -0.4 is 0 Å². The zero-order valence-electron chi connectivity index (χ0n) is 15.8. The first-order chi connectivity index (χ1) is 11.8. The van der Waals surface area contributed by atoms with E-state index in [1.807, 2.05) is 32.2 Å². The summed E-state index contributed by atoms with van der Waals surface area (Å²) < 4.78 is 7.69. The molecule has 0 spiro atoms. The molecule has 140 valence electrons. The van der Waals surface area contributed by atoms with Crippen molar-refractivity contribution in [2.45, 2.75) is 25.0 Å². The second-order valence-corrected chi connectivity index (χ2v) is 6.94. The highest BCUT2D eigenvalue weighted by Crippen LogP contribution is 2.30. The molecule has 1 saturated heterocycles. The number of rotatable bonds is 6. The smallest absolute Gasteiger partial charge is 0.223 e. The average Bonchev–Trinajstić information content (AvgIpc) is 2.97. The van der Waals surface area contributed by atoms with E-state index in [0.29, 0.717) is 19.7 Å². The third-order valence-electron chi connectivity index (χ3n) is 4.34.